The number of nitrogens with zero attached hydrogens (tertiary/aromatic N) is 7. The molecule has 15 heavy (non-hydrogen) atoms. The number of nitriles is 1. The van der Waals surface area contributed by atoms with Crippen molar-refractivity contribution < 1.29 is 0 Å². The second kappa shape index (κ2) is 3.93. The molecule has 2 rings (SSSR count). The van der Waals surface area contributed by atoms with E-state index in [9.17, 15) is 0 Å². The highest BCUT2D eigenvalue weighted by Crippen LogP contribution is 2.18. The highest BCUT2D eigenvalue weighted by atomic mass is 32.1. The zero-order valence-electron chi connectivity index (χ0n) is 7.69. The van der Waals surface area contributed by atoms with Crippen molar-refractivity contribution in [2.24, 2.45) is 10.2 Å². The molecular formula is C7H5N7S. The van der Waals surface area contributed by atoms with Gasteiger partial charge in [0.1, 0.15) is 18.0 Å². The Morgan fingerprint density at radius 3 is 3.07 bits per heavy atom. The van der Waals surface area contributed by atoms with E-state index in [0.717, 1.165) is 0 Å². The van der Waals surface area contributed by atoms with Gasteiger partial charge in [0.2, 0.25) is 10.9 Å². The minimum Gasteiger partial charge on any atom is -0.209 e. The van der Waals surface area contributed by atoms with E-state index in [1.165, 1.54) is 29.6 Å². The van der Waals surface area contributed by atoms with E-state index >= 15 is 0 Å². The van der Waals surface area contributed by atoms with E-state index in [-0.39, 0.29) is 5.82 Å². The fraction of sp³-hybridized carbons (Fsp3) is 0.143. The van der Waals surface area contributed by atoms with Crippen molar-refractivity contribution in [1.29, 1.82) is 5.26 Å². The summed E-state index contributed by atoms with van der Waals surface area (Å²) in [6, 6.07) is 1.98. The molecule has 0 N–H and O–H groups in total. The lowest BCUT2D eigenvalue weighted by Crippen LogP contribution is -1.91. The summed E-state index contributed by atoms with van der Waals surface area (Å²) in [5, 5.41) is 20.8. The zero-order valence-corrected chi connectivity index (χ0v) is 8.51. The molecule has 0 radical (unpaired) electrons. The quantitative estimate of drug-likeness (QED) is 0.712. The second-order valence-corrected chi connectivity index (χ2v) is 3.21. The summed E-state index contributed by atoms with van der Waals surface area (Å²) in [6.07, 6.45) is 2.97. The molecule has 0 amide bonds. The fourth-order valence-corrected chi connectivity index (χ4v) is 1.44. The van der Waals surface area contributed by atoms with Gasteiger partial charge in [0.05, 0.1) is 6.20 Å². The molecule has 8 heteroatoms. The van der Waals surface area contributed by atoms with Crippen LogP contribution in [0, 0.1) is 11.3 Å². The SMILES string of the molecule is CN=Nc1nn(-c2ncns2)cc1C#N. The lowest BCUT2D eigenvalue weighted by Gasteiger charge is -1.89. The van der Waals surface area contributed by atoms with Gasteiger partial charge in [-0.2, -0.15) is 14.7 Å². The fourth-order valence-electron chi connectivity index (χ4n) is 0.978. The number of rotatable bonds is 2. The van der Waals surface area contributed by atoms with Crippen LogP contribution in [0.3, 0.4) is 0 Å². The lowest BCUT2D eigenvalue weighted by atomic mass is 10.4. The summed E-state index contributed by atoms with van der Waals surface area (Å²) in [6.45, 7) is 0. The normalized spacial score (nSPS) is 10.7. The van der Waals surface area contributed by atoms with Crippen molar-refractivity contribution in [2.45, 2.75) is 0 Å². The summed E-state index contributed by atoms with van der Waals surface area (Å²) in [7, 11) is 1.52. The maximum atomic E-state index is 8.82. The van der Waals surface area contributed by atoms with Gasteiger partial charge in [0.15, 0.2) is 0 Å². The number of aromatic nitrogens is 4. The van der Waals surface area contributed by atoms with Crippen LogP contribution in [0.15, 0.2) is 22.8 Å². The van der Waals surface area contributed by atoms with E-state index < -0.39 is 0 Å². The Morgan fingerprint density at radius 2 is 2.47 bits per heavy atom. The average Bonchev–Trinajstić information content (AvgIpc) is 2.84. The lowest BCUT2D eigenvalue weighted by molar-refractivity contribution is 0.863. The van der Waals surface area contributed by atoms with Gasteiger partial charge >= 0.3 is 0 Å². The second-order valence-electron chi connectivity index (χ2n) is 2.45. The van der Waals surface area contributed by atoms with Crippen LogP contribution in [0.2, 0.25) is 0 Å². The molecule has 0 saturated carbocycles. The van der Waals surface area contributed by atoms with Crippen LogP contribution in [-0.2, 0) is 0 Å². The van der Waals surface area contributed by atoms with Crippen LogP contribution in [0.25, 0.3) is 5.13 Å². The van der Waals surface area contributed by atoms with Crippen molar-refractivity contribution in [1.82, 2.24) is 19.1 Å². The first-order valence-corrected chi connectivity index (χ1v) is 4.69. The van der Waals surface area contributed by atoms with Gasteiger partial charge in [-0.1, -0.05) is 0 Å². The van der Waals surface area contributed by atoms with Gasteiger partial charge < -0.3 is 0 Å². The van der Waals surface area contributed by atoms with Crippen LogP contribution >= 0.6 is 11.5 Å². The van der Waals surface area contributed by atoms with E-state index in [1.54, 1.807) is 6.20 Å². The van der Waals surface area contributed by atoms with E-state index in [0.29, 0.717) is 10.7 Å². The van der Waals surface area contributed by atoms with Crippen molar-refractivity contribution in [3.8, 4) is 11.2 Å². The molecule has 0 bridgehead atoms. The van der Waals surface area contributed by atoms with Crippen LogP contribution in [0.1, 0.15) is 5.56 Å². The van der Waals surface area contributed by atoms with Gasteiger partial charge in [0, 0.05) is 18.6 Å². The van der Waals surface area contributed by atoms with Crippen molar-refractivity contribution in [3.05, 3.63) is 18.1 Å². The molecule has 0 saturated heterocycles. The van der Waals surface area contributed by atoms with E-state index in [4.69, 9.17) is 5.26 Å². The first kappa shape index (κ1) is 9.42. The third-order valence-electron chi connectivity index (χ3n) is 1.56. The molecule has 2 aromatic rings. The zero-order chi connectivity index (χ0) is 10.7. The van der Waals surface area contributed by atoms with Crippen LogP contribution in [0.4, 0.5) is 5.82 Å². The Balaban J connectivity index is 2.49. The molecule has 0 aliphatic carbocycles. The maximum Gasteiger partial charge on any atom is 0.229 e. The molecule has 0 unspecified atom stereocenters. The first-order chi connectivity index (χ1) is 7.35. The molecule has 2 aromatic heterocycles. The summed E-state index contributed by atoms with van der Waals surface area (Å²) in [4.78, 5) is 3.96. The van der Waals surface area contributed by atoms with E-state index in [1.807, 2.05) is 6.07 Å². The minimum atomic E-state index is 0.287. The van der Waals surface area contributed by atoms with Crippen LogP contribution in [-0.4, -0.2) is 26.2 Å². The molecule has 2 heterocycles. The first-order valence-electron chi connectivity index (χ1n) is 3.92. The van der Waals surface area contributed by atoms with Gasteiger partial charge in [-0.15, -0.1) is 10.2 Å². The molecule has 0 spiro atoms. The number of hydrogen-bond donors (Lipinski definition) is 0. The molecule has 0 aliphatic heterocycles. The highest BCUT2D eigenvalue weighted by Gasteiger charge is 2.10. The van der Waals surface area contributed by atoms with Gasteiger partial charge in [-0.25, -0.2) is 9.67 Å². The Labute approximate surface area is 88.9 Å². The summed E-state index contributed by atoms with van der Waals surface area (Å²) >= 11 is 1.18. The topological polar surface area (TPSA) is 92.1 Å². The van der Waals surface area contributed by atoms with Crippen LogP contribution < -0.4 is 0 Å². The van der Waals surface area contributed by atoms with Crippen molar-refractivity contribution in [3.63, 3.8) is 0 Å². The molecule has 0 fully saturated rings. The molecule has 0 aromatic carbocycles. The van der Waals surface area contributed by atoms with Crippen molar-refractivity contribution >= 4 is 17.4 Å². The predicted octanol–water partition coefficient (Wildman–Crippen LogP) is 1.31. The minimum absolute atomic E-state index is 0.287. The number of hydrogen-bond acceptors (Lipinski definition) is 7. The third-order valence-corrected chi connectivity index (χ3v) is 2.21. The number of azo groups is 1. The smallest absolute Gasteiger partial charge is 0.209 e. The Hall–Kier alpha value is -2.14. The molecular weight excluding hydrogens is 214 g/mol. The third kappa shape index (κ3) is 1.72. The summed E-state index contributed by atoms with van der Waals surface area (Å²) in [5.74, 6) is 0.287. The van der Waals surface area contributed by atoms with Gasteiger partial charge in [-0.05, 0) is 0 Å². The Bertz CT molecular complexity index is 518. The monoisotopic (exact) mass is 219 g/mol. The van der Waals surface area contributed by atoms with E-state index in [2.05, 4.69) is 24.7 Å². The molecule has 7 nitrogen and oxygen atoms in total. The van der Waals surface area contributed by atoms with Crippen LogP contribution in [0.5, 0.6) is 0 Å². The molecule has 0 aliphatic rings. The summed E-state index contributed by atoms with van der Waals surface area (Å²) in [5.41, 5.74) is 0.357. The van der Waals surface area contributed by atoms with Gasteiger partial charge in [0.25, 0.3) is 0 Å². The maximum absolute atomic E-state index is 8.82. The average molecular weight is 219 g/mol. The summed E-state index contributed by atoms with van der Waals surface area (Å²) < 4.78 is 5.30. The highest BCUT2D eigenvalue weighted by molar-refractivity contribution is 7.07. The van der Waals surface area contributed by atoms with Gasteiger partial charge in [-0.3, -0.25) is 0 Å². The Morgan fingerprint density at radius 1 is 1.60 bits per heavy atom. The molecule has 0 atom stereocenters. The Kier molecular flexibility index (Phi) is 2.47. The standard InChI is InChI=1S/C7H5N7S/c1-9-12-6-5(2-8)3-14(13-6)7-10-4-11-15-7/h3-4H,1H3. The van der Waals surface area contributed by atoms with Crippen molar-refractivity contribution in [2.75, 3.05) is 7.05 Å². The largest absolute Gasteiger partial charge is 0.229 e. The predicted molar refractivity (Wildman–Crippen MR) is 52.2 cm³/mol. The molecule has 74 valence electrons.